The molecule has 7 heteroatoms. The van der Waals surface area contributed by atoms with Gasteiger partial charge in [0.2, 0.25) is 0 Å². The first kappa shape index (κ1) is 16.5. The Hall–Kier alpha value is -1.60. The van der Waals surface area contributed by atoms with Gasteiger partial charge in [0.05, 0.1) is 12.2 Å². The molecule has 20 heavy (non-hydrogen) atoms. The number of carboxylic acid groups (broad SMARTS) is 1. The molecule has 0 aliphatic carbocycles. The minimum Gasteiger partial charge on any atom is -0.480 e. The minimum atomic E-state index is -4.45. The standard InChI is InChI=1S/C13H16F3NO3/c1-2-17(7-8-18)11(12(19)20)9-3-5-10(6-4-9)13(14,15)16/h3-6,11,18H,2,7-8H2,1H3,(H,19,20). The lowest BCUT2D eigenvalue weighted by Gasteiger charge is -2.27. The number of halogens is 3. The Kier molecular flexibility index (Phi) is 5.52. The zero-order valence-electron chi connectivity index (χ0n) is 10.9. The van der Waals surface area contributed by atoms with E-state index < -0.39 is 23.8 Å². The molecule has 1 atom stereocenters. The van der Waals surface area contributed by atoms with Crippen LogP contribution < -0.4 is 0 Å². The monoisotopic (exact) mass is 291 g/mol. The lowest BCUT2D eigenvalue weighted by Crippen LogP contribution is -2.36. The third kappa shape index (κ3) is 3.94. The third-order valence-electron chi connectivity index (χ3n) is 2.95. The summed E-state index contributed by atoms with van der Waals surface area (Å²) in [7, 11) is 0. The fourth-order valence-electron chi connectivity index (χ4n) is 1.96. The van der Waals surface area contributed by atoms with E-state index in [1.54, 1.807) is 6.92 Å². The number of aliphatic carboxylic acids is 1. The number of carboxylic acids is 1. The molecule has 4 nitrogen and oxygen atoms in total. The molecule has 1 aromatic rings. The van der Waals surface area contributed by atoms with Crippen molar-refractivity contribution in [2.75, 3.05) is 19.7 Å². The summed E-state index contributed by atoms with van der Waals surface area (Å²) in [6.07, 6.45) is -4.45. The first-order chi connectivity index (χ1) is 9.31. The molecule has 0 saturated carbocycles. The average Bonchev–Trinajstić information content (AvgIpc) is 2.37. The molecular formula is C13H16F3NO3. The van der Waals surface area contributed by atoms with Crippen molar-refractivity contribution in [3.8, 4) is 0 Å². The number of alkyl halides is 3. The quantitative estimate of drug-likeness (QED) is 0.843. The lowest BCUT2D eigenvalue weighted by atomic mass is 10.0. The first-order valence-corrected chi connectivity index (χ1v) is 6.06. The summed E-state index contributed by atoms with van der Waals surface area (Å²) >= 11 is 0. The molecule has 0 spiro atoms. The van der Waals surface area contributed by atoms with E-state index in [1.165, 1.54) is 4.90 Å². The molecular weight excluding hydrogens is 275 g/mol. The van der Waals surface area contributed by atoms with Crippen LogP contribution >= 0.6 is 0 Å². The third-order valence-corrected chi connectivity index (χ3v) is 2.95. The molecule has 0 bridgehead atoms. The van der Waals surface area contributed by atoms with Crippen molar-refractivity contribution in [3.63, 3.8) is 0 Å². The van der Waals surface area contributed by atoms with Gasteiger partial charge < -0.3 is 10.2 Å². The van der Waals surface area contributed by atoms with E-state index in [1.807, 2.05) is 0 Å². The number of rotatable bonds is 6. The highest BCUT2D eigenvalue weighted by molar-refractivity contribution is 5.75. The van der Waals surface area contributed by atoms with Gasteiger partial charge in [-0.2, -0.15) is 13.2 Å². The van der Waals surface area contributed by atoms with Crippen LogP contribution in [-0.4, -0.2) is 40.8 Å². The van der Waals surface area contributed by atoms with E-state index in [2.05, 4.69) is 0 Å². The fourth-order valence-corrected chi connectivity index (χ4v) is 1.96. The molecule has 1 unspecified atom stereocenters. The predicted molar refractivity (Wildman–Crippen MR) is 66.2 cm³/mol. The average molecular weight is 291 g/mol. The Balaban J connectivity index is 3.07. The Bertz CT molecular complexity index is 445. The van der Waals surface area contributed by atoms with Crippen molar-refractivity contribution >= 4 is 5.97 Å². The molecule has 2 N–H and O–H groups in total. The molecule has 112 valence electrons. The molecule has 0 fully saturated rings. The van der Waals surface area contributed by atoms with Gasteiger partial charge in [0.25, 0.3) is 0 Å². The molecule has 0 amide bonds. The second-order valence-corrected chi connectivity index (χ2v) is 4.21. The summed E-state index contributed by atoms with van der Waals surface area (Å²) in [5.74, 6) is -1.17. The SMILES string of the molecule is CCN(CCO)C(C(=O)O)c1ccc(C(F)(F)F)cc1. The van der Waals surface area contributed by atoms with Crippen LogP contribution in [0.25, 0.3) is 0 Å². The smallest absolute Gasteiger partial charge is 0.416 e. The Labute approximate surface area is 114 Å². The van der Waals surface area contributed by atoms with Crippen molar-refractivity contribution in [1.82, 2.24) is 4.90 Å². The van der Waals surface area contributed by atoms with Crippen molar-refractivity contribution in [1.29, 1.82) is 0 Å². The number of hydrogen-bond donors (Lipinski definition) is 2. The highest BCUT2D eigenvalue weighted by atomic mass is 19.4. The molecule has 0 aromatic heterocycles. The van der Waals surface area contributed by atoms with Gasteiger partial charge in [0, 0.05) is 6.54 Å². The number of carbonyl (C=O) groups is 1. The summed E-state index contributed by atoms with van der Waals surface area (Å²) in [4.78, 5) is 12.8. The molecule has 0 aliphatic heterocycles. The van der Waals surface area contributed by atoms with Crippen LogP contribution in [0.5, 0.6) is 0 Å². The number of likely N-dealkylation sites (N-methyl/N-ethyl adjacent to an activating group) is 1. The van der Waals surface area contributed by atoms with Crippen molar-refractivity contribution in [2.45, 2.75) is 19.1 Å². The summed E-state index contributed by atoms with van der Waals surface area (Å²) in [6, 6.07) is 2.95. The summed E-state index contributed by atoms with van der Waals surface area (Å²) in [5, 5.41) is 18.2. The molecule has 0 radical (unpaired) electrons. The van der Waals surface area contributed by atoms with Crippen molar-refractivity contribution in [2.24, 2.45) is 0 Å². The van der Waals surface area contributed by atoms with Gasteiger partial charge >= 0.3 is 12.1 Å². The van der Waals surface area contributed by atoms with Crippen LogP contribution in [0, 0.1) is 0 Å². The molecule has 0 saturated heterocycles. The molecule has 1 aromatic carbocycles. The number of aliphatic hydroxyl groups is 1. The number of benzene rings is 1. The minimum absolute atomic E-state index is 0.133. The maximum atomic E-state index is 12.5. The van der Waals surface area contributed by atoms with E-state index in [4.69, 9.17) is 5.11 Å². The van der Waals surface area contributed by atoms with Gasteiger partial charge in [0.1, 0.15) is 6.04 Å². The van der Waals surface area contributed by atoms with Gasteiger partial charge in [-0.15, -0.1) is 0 Å². The number of nitrogens with zero attached hydrogens (tertiary/aromatic N) is 1. The van der Waals surface area contributed by atoms with Crippen LogP contribution in [0.3, 0.4) is 0 Å². The molecule has 0 heterocycles. The Morgan fingerprint density at radius 2 is 1.85 bits per heavy atom. The van der Waals surface area contributed by atoms with Crippen LogP contribution in [0.15, 0.2) is 24.3 Å². The van der Waals surface area contributed by atoms with E-state index in [9.17, 15) is 23.1 Å². The summed E-state index contributed by atoms with van der Waals surface area (Å²) in [6.45, 7) is 1.99. The van der Waals surface area contributed by atoms with Gasteiger partial charge in [-0.1, -0.05) is 19.1 Å². The zero-order valence-corrected chi connectivity index (χ0v) is 10.9. The largest absolute Gasteiger partial charge is 0.480 e. The Morgan fingerprint density at radius 1 is 1.30 bits per heavy atom. The van der Waals surface area contributed by atoms with E-state index >= 15 is 0 Å². The van der Waals surface area contributed by atoms with E-state index in [0.717, 1.165) is 24.3 Å². The second kappa shape index (κ2) is 6.71. The molecule has 1 rings (SSSR count). The van der Waals surface area contributed by atoms with Crippen LogP contribution in [0.2, 0.25) is 0 Å². The summed E-state index contributed by atoms with van der Waals surface area (Å²) < 4.78 is 37.4. The van der Waals surface area contributed by atoms with E-state index in [-0.39, 0.29) is 18.7 Å². The van der Waals surface area contributed by atoms with Crippen molar-refractivity contribution < 1.29 is 28.2 Å². The Morgan fingerprint density at radius 3 is 2.20 bits per heavy atom. The van der Waals surface area contributed by atoms with Crippen LogP contribution in [0.4, 0.5) is 13.2 Å². The van der Waals surface area contributed by atoms with Crippen LogP contribution in [0.1, 0.15) is 24.1 Å². The predicted octanol–water partition coefficient (Wildman–Crippen LogP) is 2.15. The maximum Gasteiger partial charge on any atom is 0.416 e. The van der Waals surface area contributed by atoms with Gasteiger partial charge in [-0.3, -0.25) is 9.69 Å². The van der Waals surface area contributed by atoms with Crippen molar-refractivity contribution in [3.05, 3.63) is 35.4 Å². The normalized spacial score (nSPS) is 13.5. The highest BCUT2D eigenvalue weighted by Gasteiger charge is 2.31. The van der Waals surface area contributed by atoms with E-state index in [0.29, 0.717) is 6.54 Å². The van der Waals surface area contributed by atoms with Gasteiger partial charge in [-0.25, -0.2) is 0 Å². The maximum absolute atomic E-state index is 12.5. The second-order valence-electron chi connectivity index (χ2n) is 4.21. The van der Waals surface area contributed by atoms with Gasteiger partial charge in [-0.05, 0) is 24.2 Å². The number of hydrogen-bond acceptors (Lipinski definition) is 3. The first-order valence-electron chi connectivity index (χ1n) is 6.06. The fraction of sp³-hybridized carbons (Fsp3) is 0.462. The lowest BCUT2D eigenvalue weighted by molar-refractivity contribution is -0.143. The summed E-state index contributed by atoms with van der Waals surface area (Å²) in [5.41, 5.74) is -0.573. The van der Waals surface area contributed by atoms with Crippen LogP contribution in [-0.2, 0) is 11.0 Å². The molecule has 0 aliphatic rings. The highest BCUT2D eigenvalue weighted by Crippen LogP contribution is 2.30. The van der Waals surface area contributed by atoms with Gasteiger partial charge in [0.15, 0.2) is 0 Å². The topological polar surface area (TPSA) is 60.8 Å². The number of aliphatic hydroxyl groups excluding tert-OH is 1. The zero-order chi connectivity index (χ0) is 15.3.